The van der Waals surface area contributed by atoms with Crippen LogP contribution in [0.2, 0.25) is 0 Å². The van der Waals surface area contributed by atoms with Crippen molar-refractivity contribution in [3.8, 4) is 5.88 Å². The largest absolute Gasteiger partial charge is 0.480 e. The van der Waals surface area contributed by atoms with Gasteiger partial charge in [0, 0.05) is 29.4 Å². The van der Waals surface area contributed by atoms with Gasteiger partial charge in [0.2, 0.25) is 5.88 Å². The standard InChI is InChI=1S/C12H10BrN3O2/c1-18-12-3-2-10(15-16-12)11(17)5-8-4-9(13)7-14-6-8/h2-4,6-7H,5H2,1H3. The number of methoxy groups -OCH3 is 1. The molecule has 2 rings (SSSR count). The third-order valence-electron chi connectivity index (χ3n) is 2.26. The second kappa shape index (κ2) is 5.68. The summed E-state index contributed by atoms with van der Waals surface area (Å²) >= 11 is 3.31. The molecule has 0 unspecified atom stereocenters. The van der Waals surface area contributed by atoms with Crippen LogP contribution in [0.5, 0.6) is 5.88 Å². The van der Waals surface area contributed by atoms with E-state index in [-0.39, 0.29) is 12.2 Å². The maximum atomic E-state index is 11.9. The second-order valence-electron chi connectivity index (χ2n) is 3.57. The minimum absolute atomic E-state index is 0.106. The number of nitrogens with zero attached hydrogens (tertiary/aromatic N) is 3. The molecule has 0 radical (unpaired) electrons. The topological polar surface area (TPSA) is 65.0 Å². The van der Waals surface area contributed by atoms with Gasteiger partial charge in [-0.1, -0.05) is 0 Å². The van der Waals surface area contributed by atoms with Gasteiger partial charge in [0.05, 0.1) is 7.11 Å². The van der Waals surface area contributed by atoms with Crippen LogP contribution < -0.4 is 4.74 Å². The van der Waals surface area contributed by atoms with Crippen molar-refractivity contribution in [1.82, 2.24) is 15.2 Å². The molecule has 0 aromatic carbocycles. The van der Waals surface area contributed by atoms with E-state index in [1.54, 1.807) is 24.5 Å². The minimum Gasteiger partial charge on any atom is -0.480 e. The quantitative estimate of drug-likeness (QED) is 0.809. The fourth-order valence-electron chi connectivity index (χ4n) is 1.41. The third-order valence-corrected chi connectivity index (χ3v) is 2.69. The molecule has 0 bridgehead atoms. The van der Waals surface area contributed by atoms with E-state index in [1.165, 1.54) is 7.11 Å². The lowest BCUT2D eigenvalue weighted by molar-refractivity contribution is 0.0987. The summed E-state index contributed by atoms with van der Waals surface area (Å²) < 4.78 is 5.72. The fourth-order valence-corrected chi connectivity index (χ4v) is 1.82. The number of aromatic nitrogens is 3. The summed E-state index contributed by atoms with van der Waals surface area (Å²) in [6.07, 6.45) is 3.56. The van der Waals surface area contributed by atoms with Crippen molar-refractivity contribution < 1.29 is 9.53 Å². The molecule has 2 heterocycles. The Morgan fingerprint density at radius 3 is 2.78 bits per heavy atom. The van der Waals surface area contributed by atoms with Gasteiger partial charge in [0.1, 0.15) is 5.69 Å². The van der Waals surface area contributed by atoms with Crippen LogP contribution in [0.15, 0.2) is 35.1 Å². The molecule has 0 amide bonds. The summed E-state index contributed by atoms with van der Waals surface area (Å²) in [4.78, 5) is 15.9. The number of ketones is 1. The summed E-state index contributed by atoms with van der Waals surface area (Å²) in [5.41, 5.74) is 1.14. The highest BCUT2D eigenvalue weighted by molar-refractivity contribution is 9.10. The molecule has 0 N–H and O–H groups in total. The lowest BCUT2D eigenvalue weighted by Gasteiger charge is -2.01. The van der Waals surface area contributed by atoms with Crippen molar-refractivity contribution in [3.63, 3.8) is 0 Å². The Bertz CT molecular complexity index is 558. The van der Waals surface area contributed by atoms with E-state index in [0.29, 0.717) is 11.6 Å². The number of pyridine rings is 1. The lowest BCUT2D eigenvalue weighted by Crippen LogP contribution is -2.07. The van der Waals surface area contributed by atoms with E-state index >= 15 is 0 Å². The molecule has 0 spiro atoms. The molecule has 2 aromatic heterocycles. The minimum atomic E-state index is -0.106. The first-order chi connectivity index (χ1) is 8.69. The molecule has 2 aromatic rings. The van der Waals surface area contributed by atoms with Crippen molar-refractivity contribution in [2.24, 2.45) is 0 Å². The molecule has 0 fully saturated rings. The highest BCUT2D eigenvalue weighted by Crippen LogP contribution is 2.12. The number of Topliss-reactive ketones (excluding diaryl/α,β-unsaturated/α-hetero) is 1. The van der Waals surface area contributed by atoms with Crippen LogP contribution in [0.1, 0.15) is 16.1 Å². The van der Waals surface area contributed by atoms with E-state index in [0.717, 1.165) is 10.0 Å². The lowest BCUT2D eigenvalue weighted by atomic mass is 10.1. The molecule has 0 aliphatic carbocycles. The molecule has 18 heavy (non-hydrogen) atoms. The molecule has 5 nitrogen and oxygen atoms in total. The van der Waals surface area contributed by atoms with Gasteiger partial charge in [-0.15, -0.1) is 10.2 Å². The molecular weight excluding hydrogens is 298 g/mol. The van der Waals surface area contributed by atoms with Gasteiger partial charge in [-0.05, 0) is 33.6 Å². The Balaban J connectivity index is 2.11. The Morgan fingerprint density at radius 2 is 2.17 bits per heavy atom. The van der Waals surface area contributed by atoms with Crippen molar-refractivity contribution in [2.45, 2.75) is 6.42 Å². The molecule has 0 aliphatic rings. The predicted octanol–water partition coefficient (Wildman–Crippen LogP) is 2.07. The van der Waals surface area contributed by atoms with Crippen LogP contribution in [0, 0.1) is 0 Å². The fraction of sp³-hybridized carbons (Fsp3) is 0.167. The molecule has 0 aliphatic heterocycles. The molecular formula is C12H10BrN3O2. The van der Waals surface area contributed by atoms with Gasteiger partial charge < -0.3 is 4.74 Å². The highest BCUT2D eigenvalue weighted by atomic mass is 79.9. The Hall–Kier alpha value is -1.82. The van der Waals surface area contributed by atoms with Crippen LogP contribution >= 0.6 is 15.9 Å². The first-order valence-electron chi connectivity index (χ1n) is 5.19. The van der Waals surface area contributed by atoms with Gasteiger partial charge in [0.25, 0.3) is 0 Å². The maximum absolute atomic E-state index is 11.9. The van der Waals surface area contributed by atoms with Crippen LogP contribution in [-0.4, -0.2) is 28.1 Å². The smallest absolute Gasteiger partial charge is 0.233 e. The van der Waals surface area contributed by atoms with E-state index in [1.807, 2.05) is 6.07 Å². The normalized spacial score (nSPS) is 10.1. The number of carbonyl (C=O) groups is 1. The van der Waals surface area contributed by atoms with Gasteiger partial charge in [-0.2, -0.15) is 0 Å². The Kier molecular flexibility index (Phi) is 3.99. The van der Waals surface area contributed by atoms with Gasteiger partial charge in [0.15, 0.2) is 5.78 Å². The van der Waals surface area contributed by atoms with E-state index in [4.69, 9.17) is 4.74 Å². The summed E-state index contributed by atoms with van der Waals surface area (Å²) in [5.74, 6) is 0.278. The van der Waals surface area contributed by atoms with E-state index < -0.39 is 0 Å². The van der Waals surface area contributed by atoms with Crippen molar-refractivity contribution in [3.05, 3.63) is 46.3 Å². The molecule has 0 saturated carbocycles. The summed E-state index contributed by atoms with van der Waals surface area (Å²) in [5, 5.41) is 7.57. The molecule has 92 valence electrons. The zero-order chi connectivity index (χ0) is 13.0. The number of hydrogen-bond acceptors (Lipinski definition) is 5. The maximum Gasteiger partial charge on any atom is 0.233 e. The third kappa shape index (κ3) is 3.10. The van der Waals surface area contributed by atoms with Crippen LogP contribution in [0.3, 0.4) is 0 Å². The summed E-state index contributed by atoms with van der Waals surface area (Å²) in [6, 6.07) is 5.06. The van der Waals surface area contributed by atoms with Crippen LogP contribution in [0.25, 0.3) is 0 Å². The molecule has 0 atom stereocenters. The molecule has 6 heteroatoms. The number of rotatable bonds is 4. The SMILES string of the molecule is COc1ccc(C(=O)Cc2cncc(Br)c2)nn1. The zero-order valence-corrected chi connectivity index (χ0v) is 11.2. The summed E-state index contributed by atoms with van der Waals surface area (Å²) in [7, 11) is 1.50. The first kappa shape index (κ1) is 12.6. The van der Waals surface area contributed by atoms with Gasteiger partial charge in [-0.25, -0.2) is 0 Å². The van der Waals surface area contributed by atoms with E-state index in [9.17, 15) is 4.79 Å². The predicted molar refractivity (Wildman–Crippen MR) is 68.6 cm³/mol. The Labute approximate surface area is 112 Å². The average Bonchev–Trinajstić information content (AvgIpc) is 2.39. The monoisotopic (exact) mass is 307 g/mol. The number of hydrogen-bond donors (Lipinski definition) is 0. The number of halogens is 1. The zero-order valence-electron chi connectivity index (χ0n) is 9.63. The number of ether oxygens (including phenoxy) is 1. The van der Waals surface area contributed by atoms with Crippen molar-refractivity contribution in [2.75, 3.05) is 7.11 Å². The molecule has 0 saturated heterocycles. The van der Waals surface area contributed by atoms with Crippen molar-refractivity contribution >= 4 is 21.7 Å². The van der Waals surface area contributed by atoms with Gasteiger partial charge >= 0.3 is 0 Å². The van der Waals surface area contributed by atoms with Crippen molar-refractivity contribution in [1.29, 1.82) is 0 Å². The summed E-state index contributed by atoms with van der Waals surface area (Å²) in [6.45, 7) is 0. The Morgan fingerprint density at radius 1 is 1.33 bits per heavy atom. The second-order valence-corrected chi connectivity index (χ2v) is 4.49. The first-order valence-corrected chi connectivity index (χ1v) is 5.98. The highest BCUT2D eigenvalue weighted by Gasteiger charge is 2.10. The number of carbonyl (C=O) groups excluding carboxylic acids is 1. The van der Waals surface area contributed by atoms with Crippen LogP contribution in [-0.2, 0) is 6.42 Å². The van der Waals surface area contributed by atoms with Gasteiger partial charge in [-0.3, -0.25) is 9.78 Å². The van der Waals surface area contributed by atoms with Crippen LogP contribution in [0.4, 0.5) is 0 Å². The van der Waals surface area contributed by atoms with E-state index in [2.05, 4.69) is 31.1 Å². The average molecular weight is 308 g/mol.